The van der Waals surface area contributed by atoms with E-state index in [1.54, 1.807) is 32.4 Å². The first-order chi connectivity index (χ1) is 11.1. The zero-order chi connectivity index (χ0) is 16.7. The average molecular weight is 335 g/mol. The number of ether oxygens (including phenoxy) is 2. The molecule has 0 spiro atoms. The molecule has 0 aliphatic heterocycles. The first-order valence-electron chi connectivity index (χ1n) is 7.09. The van der Waals surface area contributed by atoms with E-state index in [9.17, 15) is 4.79 Å². The minimum Gasteiger partial charge on any atom is -0.497 e. The highest BCUT2D eigenvalue weighted by molar-refractivity contribution is 6.30. The Morgan fingerprint density at radius 3 is 2.35 bits per heavy atom. The van der Waals surface area contributed by atoms with Crippen LogP contribution in [-0.4, -0.2) is 20.3 Å². The Morgan fingerprint density at radius 2 is 1.70 bits per heavy atom. The average Bonchev–Trinajstić information content (AvgIpc) is 2.58. The van der Waals surface area contributed by atoms with E-state index in [4.69, 9.17) is 21.1 Å². The molecule has 0 aliphatic rings. The fourth-order valence-electron chi connectivity index (χ4n) is 2.05. The van der Waals surface area contributed by atoms with Gasteiger partial charge in [0.15, 0.2) is 0 Å². The van der Waals surface area contributed by atoms with Crippen LogP contribution in [0, 0.1) is 0 Å². The lowest BCUT2D eigenvalue weighted by Gasteiger charge is -2.11. The minimum absolute atomic E-state index is 0.261. The molecule has 23 heavy (non-hydrogen) atoms. The van der Waals surface area contributed by atoms with E-state index in [0.29, 0.717) is 23.9 Å². The summed E-state index contributed by atoms with van der Waals surface area (Å²) in [5.41, 5.74) is 1.81. The number of benzene rings is 2. The second kappa shape index (κ2) is 8.29. The molecule has 0 unspecified atom stereocenters. The van der Waals surface area contributed by atoms with Crippen molar-refractivity contribution in [2.45, 2.75) is 13.1 Å². The zero-order valence-corrected chi connectivity index (χ0v) is 13.8. The van der Waals surface area contributed by atoms with Gasteiger partial charge in [0.1, 0.15) is 11.5 Å². The normalized spacial score (nSPS) is 10.0. The molecular weight excluding hydrogens is 316 g/mol. The van der Waals surface area contributed by atoms with Crippen molar-refractivity contribution in [1.82, 2.24) is 10.6 Å². The molecule has 0 saturated carbocycles. The summed E-state index contributed by atoms with van der Waals surface area (Å²) in [6, 6.07) is 12.5. The van der Waals surface area contributed by atoms with Crippen molar-refractivity contribution in [2.24, 2.45) is 0 Å². The van der Waals surface area contributed by atoms with Gasteiger partial charge in [0, 0.05) is 23.7 Å². The van der Waals surface area contributed by atoms with Crippen LogP contribution in [0.3, 0.4) is 0 Å². The highest BCUT2D eigenvalue weighted by Gasteiger charge is 2.06. The molecule has 0 aromatic heterocycles. The fraction of sp³-hybridized carbons (Fsp3) is 0.235. The van der Waals surface area contributed by atoms with Gasteiger partial charge >= 0.3 is 6.03 Å². The molecule has 2 N–H and O–H groups in total. The number of carbonyl (C=O) groups excluding carboxylic acids is 1. The third-order valence-electron chi connectivity index (χ3n) is 3.29. The van der Waals surface area contributed by atoms with Gasteiger partial charge in [-0.15, -0.1) is 0 Å². The maximum Gasteiger partial charge on any atom is 0.315 e. The molecule has 0 saturated heterocycles. The van der Waals surface area contributed by atoms with Crippen LogP contribution in [-0.2, 0) is 13.1 Å². The lowest BCUT2D eigenvalue weighted by atomic mass is 10.2. The van der Waals surface area contributed by atoms with Gasteiger partial charge in [-0.25, -0.2) is 4.79 Å². The topological polar surface area (TPSA) is 59.6 Å². The first-order valence-corrected chi connectivity index (χ1v) is 7.47. The Bertz CT molecular complexity index is 659. The number of carbonyl (C=O) groups is 1. The third-order valence-corrected chi connectivity index (χ3v) is 3.53. The molecule has 2 aromatic rings. The molecule has 0 bridgehead atoms. The number of urea groups is 1. The van der Waals surface area contributed by atoms with Crippen molar-refractivity contribution in [2.75, 3.05) is 14.2 Å². The van der Waals surface area contributed by atoms with Gasteiger partial charge in [0.2, 0.25) is 0 Å². The largest absolute Gasteiger partial charge is 0.497 e. The third kappa shape index (κ3) is 5.07. The lowest BCUT2D eigenvalue weighted by Crippen LogP contribution is -2.34. The molecule has 6 heteroatoms. The Hall–Kier alpha value is -2.40. The Morgan fingerprint density at radius 1 is 1.00 bits per heavy atom. The predicted molar refractivity (Wildman–Crippen MR) is 90.1 cm³/mol. The monoisotopic (exact) mass is 334 g/mol. The number of methoxy groups -OCH3 is 2. The van der Waals surface area contributed by atoms with Crippen LogP contribution in [0.1, 0.15) is 11.1 Å². The second-order valence-electron chi connectivity index (χ2n) is 4.84. The van der Waals surface area contributed by atoms with Crippen LogP contribution in [0.2, 0.25) is 5.02 Å². The van der Waals surface area contributed by atoms with Crippen LogP contribution in [0.15, 0.2) is 42.5 Å². The van der Waals surface area contributed by atoms with Gasteiger partial charge < -0.3 is 20.1 Å². The molecule has 0 aliphatic carbocycles. The highest BCUT2D eigenvalue weighted by atomic mass is 35.5. The van der Waals surface area contributed by atoms with E-state index < -0.39 is 0 Å². The number of hydrogen-bond donors (Lipinski definition) is 2. The Balaban J connectivity index is 1.84. The smallest absolute Gasteiger partial charge is 0.315 e. The Labute approximate surface area is 140 Å². The molecule has 0 radical (unpaired) electrons. The summed E-state index contributed by atoms with van der Waals surface area (Å²) in [6.45, 7) is 0.765. The van der Waals surface area contributed by atoms with E-state index in [1.165, 1.54) is 0 Å². The molecule has 0 atom stereocenters. The summed E-state index contributed by atoms with van der Waals surface area (Å²) in [4.78, 5) is 11.9. The van der Waals surface area contributed by atoms with Crippen LogP contribution in [0.5, 0.6) is 11.5 Å². The summed E-state index contributed by atoms with van der Waals surface area (Å²) in [5.74, 6) is 1.47. The number of nitrogens with one attached hydrogen (secondary N) is 2. The quantitative estimate of drug-likeness (QED) is 0.851. The molecule has 0 fully saturated rings. The molecule has 2 aromatic carbocycles. The molecule has 0 heterocycles. The number of halogens is 1. The van der Waals surface area contributed by atoms with Crippen molar-refractivity contribution in [3.05, 3.63) is 58.6 Å². The highest BCUT2D eigenvalue weighted by Crippen LogP contribution is 2.22. The lowest BCUT2D eigenvalue weighted by molar-refractivity contribution is 0.240. The summed E-state index contributed by atoms with van der Waals surface area (Å²) >= 11 is 5.96. The van der Waals surface area contributed by atoms with Crippen LogP contribution in [0.25, 0.3) is 0 Å². The van der Waals surface area contributed by atoms with Gasteiger partial charge in [0.05, 0.1) is 14.2 Å². The summed E-state index contributed by atoms with van der Waals surface area (Å²) < 4.78 is 10.3. The molecular formula is C17H19ClN2O3. The van der Waals surface area contributed by atoms with Crippen LogP contribution < -0.4 is 20.1 Å². The fourth-order valence-corrected chi connectivity index (χ4v) is 2.24. The van der Waals surface area contributed by atoms with Crippen LogP contribution in [0.4, 0.5) is 4.79 Å². The first kappa shape index (κ1) is 17.0. The van der Waals surface area contributed by atoms with Gasteiger partial charge in [0.25, 0.3) is 0 Å². The second-order valence-corrected chi connectivity index (χ2v) is 5.28. The zero-order valence-electron chi connectivity index (χ0n) is 13.1. The van der Waals surface area contributed by atoms with Crippen LogP contribution >= 0.6 is 11.6 Å². The van der Waals surface area contributed by atoms with Crippen molar-refractivity contribution >= 4 is 17.6 Å². The number of hydrogen-bond acceptors (Lipinski definition) is 3. The molecule has 5 nitrogen and oxygen atoms in total. The Kier molecular flexibility index (Phi) is 6.11. The summed E-state index contributed by atoms with van der Waals surface area (Å²) in [7, 11) is 3.20. The summed E-state index contributed by atoms with van der Waals surface area (Å²) in [6.07, 6.45) is 0. The van der Waals surface area contributed by atoms with Gasteiger partial charge in [-0.1, -0.05) is 23.7 Å². The maximum absolute atomic E-state index is 11.9. The minimum atomic E-state index is -0.261. The molecule has 2 rings (SSSR count). The van der Waals surface area contributed by atoms with E-state index in [-0.39, 0.29) is 6.03 Å². The van der Waals surface area contributed by atoms with Crippen molar-refractivity contribution in [1.29, 1.82) is 0 Å². The van der Waals surface area contributed by atoms with E-state index in [2.05, 4.69) is 10.6 Å². The predicted octanol–water partition coefficient (Wildman–Crippen LogP) is 3.36. The van der Waals surface area contributed by atoms with Gasteiger partial charge in [-0.2, -0.15) is 0 Å². The molecule has 122 valence electrons. The number of amides is 2. The van der Waals surface area contributed by atoms with Crippen molar-refractivity contribution < 1.29 is 14.3 Å². The van der Waals surface area contributed by atoms with Crippen molar-refractivity contribution in [3.63, 3.8) is 0 Å². The molecule has 2 amide bonds. The van der Waals surface area contributed by atoms with Gasteiger partial charge in [-0.3, -0.25) is 0 Å². The maximum atomic E-state index is 11.9. The van der Waals surface area contributed by atoms with E-state index >= 15 is 0 Å². The standard InChI is InChI=1S/C17H19ClN2O3/c1-22-15-6-3-12(4-7-15)10-19-17(21)20-11-13-9-14(18)5-8-16(13)23-2/h3-9H,10-11H2,1-2H3,(H2,19,20,21). The van der Waals surface area contributed by atoms with E-state index in [1.807, 2.05) is 24.3 Å². The van der Waals surface area contributed by atoms with E-state index in [0.717, 1.165) is 16.9 Å². The summed E-state index contributed by atoms with van der Waals surface area (Å²) in [5, 5.41) is 6.17. The SMILES string of the molecule is COc1ccc(CNC(=O)NCc2cc(Cl)ccc2OC)cc1. The van der Waals surface area contributed by atoms with Gasteiger partial charge in [-0.05, 0) is 35.9 Å². The van der Waals surface area contributed by atoms with Crippen molar-refractivity contribution in [3.8, 4) is 11.5 Å². The number of rotatable bonds is 6.